The van der Waals surface area contributed by atoms with Crippen molar-refractivity contribution >= 4 is 17.6 Å². The number of carboxylic acids is 1. The quantitative estimate of drug-likeness (QED) is 0.888. The van der Waals surface area contributed by atoms with Crippen LogP contribution in [-0.2, 0) is 9.53 Å². The van der Waals surface area contributed by atoms with E-state index in [-0.39, 0.29) is 6.61 Å². The first-order chi connectivity index (χ1) is 9.16. The van der Waals surface area contributed by atoms with Crippen molar-refractivity contribution < 1.29 is 19.4 Å². The van der Waals surface area contributed by atoms with Gasteiger partial charge in [0.1, 0.15) is 18.4 Å². The Morgan fingerprint density at radius 1 is 1.58 bits per heavy atom. The summed E-state index contributed by atoms with van der Waals surface area (Å²) < 4.78 is 10.7. The summed E-state index contributed by atoms with van der Waals surface area (Å²) in [5, 5.41) is 9.70. The van der Waals surface area contributed by atoms with E-state index in [4.69, 9.17) is 26.2 Å². The van der Waals surface area contributed by atoms with Gasteiger partial charge in [0.15, 0.2) is 0 Å². The van der Waals surface area contributed by atoms with Gasteiger partial charge in [0.2, 0.25) is 0 Å². The normalized spacial score (nSPS) is 20.2. The molecular formula is C13H16ClNO4. The van der Waals surface area contributed by atoms with Gasteiger partial charge in [-0.25, -0.2) is 0 Å². The van der Waals surface area contributed by atoms with Crippen LogP contribution in [0.15, 0.2) is 24.3 Å². The molecule has 5 nitrogen and oxygen atoms in total. The summed E-state index contributed by atoms with van der Waals surface area (Å²) in [7, 11) is 0. The highest BCUT2D eigenvalue weighted by Gasteiger charge is 2.28. The van der Waals surface area contributed by atoms with Gasteiger partial charge in [0.05, 0.1) is 13.2 Å². The van der Waals surface area contributed by atoms with E-state index in [2.05, 4.69) is 0 Å². The number of benzene rings is 1. The van der Waals surface area contributed by atoms with Gasteiger partial charge in [-0.2, -0.15) is 0 Å². The molecule has 1 saturated heterocycles. The Morgan fingerprint density at radius 3 is 3.16 bits per heavy atom. The standard InChI is InChI=1S/C13H16ClNO4/c14-10-2-1-3-11(8-10)19-7-5-15-4-6-18-9-12(15)13(16)17/h1-3,8,12H,4-7,9H2,(H,16,17). The molecule has 1 fully saturated rings. The molecule has 1 aliphatic heterocycles. The fraction of sp³-hybridized carbons (Fsp3) is 0.462. The van der Waals surface area contributed by atoms with Crippen molar-refractivity contribution in [2.75, 3.05) is 32.9 Å². The summed E-state index contributed by atoms with van der Waals surface area (Å²) in [5.74, 6) is -0.171. The van der Waals surface area contributed by atoms with Crippen LogP contribution in [-0.4, -0.2) is 54.9 Å². The first kappa shape index (κ1) is 14.1. The maximum Gasteiger partial charge on any atom is 0.323 e. The van der Waals surface area contributed by atoms with Gasteiger partial charge in [-0.3, -0.25) is 9.69 Å². The van der Waals surface area contributed by atoms with Crippen LogP contribution in [0.5, 0.6) is 5.75 Å². The Kier molecular flexibility index (Phi) is 5.01. The number of rotatable bonds is 5. The van der Waals surface area contributed by atoms with E-state index in [1.807, 2.05) is 17.0 Å². The van der Waals surface area contributed by atoms with Crippen LogP contribution in [0.2, 0.25) is 5.02 Å². The Labute approximate surface area is 116 Å². The number of morpholine rings is 1. The van der Waals surface area contributed by atoms with Crippen molar-refractivity contribution in [1.29, 1.82) is 0 Å². The topological polar surface area (TPSA) is 59.0 Å². The van der Waals surface area contributed by atoms with E-state index in [9.17, 15) is 4.79 Å². The van der Waals surface area contributed by atoms with E-state index in [1.165, 1.54) is 0 Å². The molecule has 1 N–H and O–H groups in total. The van der Waals surface area contributed by atoms with Crippen molar-refractivity contribution in [1.82, 2.24) is 4.90 Å². The number of carbonyl (C=O) groups is 1. The Balaban J connectivity index is 1.82. The minimum Gasteiger partial charge on any atom is -0.492 e. The second-order valence-corrected chi connectivity index (χ2v) is 4.71. The summed E-state index contributed by atoms with van der Waals surface area (Å²) in [5.41, 5.74) is 0. The lowest BCUT2D eigenvalue weighted by atomic mass is 10.2. The fourth-order valence-corrected chi connectivity index (χ4v) is 2.15. The lowest BCUT2D eigenvalue weighted by Crippen LogP contribution is -2.51. The van der Waals surface area contributed by atoms with Crippen LogP contribution >= 0.6 is 11.6 Å². The lowest BCUT2D eigenvalue weighted by Gasteiger charge is -2.32. The maximum absolute atomic E-state index is 11.1. The first-order valence-corrected chi connectivity index (χ1v) is 6.47. The van der Waals surface area contributed by atoms with Crippen molar-refractivity contribution in [2.45, 2.75) is 6.04 Å². The number of hydrogen-bond donors (Lipinski definition) is 1. The summed E-state index contributed by atoms with van der Waals surface area (Å²) in [6, 6.07) is 6.55. The molecule has 0 aliphatic carbocycles. The van der Waals surface area contributed by atoms with Crippen LogP contribution in [0.1, 0.15) is 0 Å². The minimum absolute atomic E-state index is 0.229. The predicted octanol–water partition coefficient (Wildman–Crippen LogP) is 1.50. The number of carboxylic acid groups (broad SMARTS) is 1. The number of nitrogens with zero attached hydrogens (tertiary/aromatic N) is 1. The third-order valence-corrected chi connectivity index (χ3v) is 3.20. The van der Waals surface area contributed by atoms with Crippen LogP contribution < -0.4 is 4.74 Å². The van der Waals surface area contributed by atoms with E-state index >= 15 is 0 Å². The zero-order chi connectivity index (χ0) is 13.7. The summed E-state index contributed by atoms with van der Waals surface area (Å²) in [6.07, 6.45) is 0. The predicted molar refractivity (Wildman–Crippen MR) is 70.8 cm³/mol. The van der Waals surface area contributed by atoms with Crippen molar-refractivity contribution in [2.24, 2.45) is 0 Å². The molecule has 0 saturated carbocycles. The molecule has 2 rings (SSSR count). The Bertz CT molecular complexity index is 440. The molecule has 1 aromatic carbocycles. The first-order valence-electron chi connectivity index (χ1n) is 6.10. The van der Waals surface area contributed by atoms with Crippen LogP contribution in [0.3, 0.4) is 0 Å². The highest BCUT2D eigenvalue weighted by molar-refractivity contribution is 6.30. The smallest absolute Gasteiger partial charge is 0.323 e. The molecular weight excluding hydrogens is 270 g/mol. The maximum atomic E-state index is 11.1. The molecule has 0 bridgehead atoms. The van der Waals surface area contributed by atoms with E-state index in [0.717, 1.165) is 0 Å². The average molecular weight is 286 g/mol. The molecule has 0 radical (unpaired) electrons. The molecule has 104 valence electrons. The minimum atomic E-state index is -0.859. The molecule has 19 heavy (non-hydrogen) atoms. The van der Waals surface area contributed by atoms with Crippen molar-refractivity contribution in [3.8, 4) is 5.75 Å². The van der Waals surface area contributed by atoms with E-state index in [0.29, 0.717) is 37.1 Å². The van der Waals surface area contributed by atoms with Gasteiger partial charge >= 0.3 is 5.97 Å². The molecule has 1 aromatic rings. The van der Waals surface area contributed by atoms with Gasteiger partial charge in [-0.05, 0) is 18.2 Å². The zero-order valence-corrected chi connectivity index (χ0v) is 11.2. The third kappa shape index (κ3) is 4.09. The van der Waals surface area contributed by atoms with Crippen LogP contribution in [0.25, 0.3) is 0 Å². The molecule has 1 aliphatic rings. The van der Waals surface area contributed by atoms with E-state index in [1.54, 1.807) is 12.1 Å². The van der Waals surface area contributed by atoms with Gasteiger partial charge in [0, 0.05) is 18.1 Å². The van der Waals surface area contributed by atoms with Crippen LogP contribution in [0.4, 0.5) is 0 Å². The van der Waals surface area contributed by atoms with Gasteiger partial charge in [-0.15, -0.1) is 0 Å². The number of ether oxygens (including phenoxy) is 2. The summed E-state index contributed by atoms with van der Waals surface area (Å²) >= 11 is 5.85. The highest BCUT2D eigenvalue weighted by atomic mass is 35.5. The second kappa shape index (κ2) is 6.75. The third-order valence-electron chi connectivity index (χ3n) is 2.97. The second-order valence-electron chi connectivity index (χ2n) is 4.27. The number of halogens is 1. The Morgan fingerprint density at radius 2 is 2.42 bits per heavy atom. The summed E-state index contributed by atoms with van der Waals surface area (Å²) in [4.78, 5) is 12.9. The molecule has 1 unspecified atom stereocenters. The van der Waals surface area contributed by atoms with Crippen molar-refractivity contribution in [3.63, 3.8) is 0 Å². The van der Waals surface area contributed by atoms with Gasteiger partial charge < -0.3 is 14.6 Å². The van der Waals surface area contributed by atoms with E-state index < -0.39 is 12.0 Å². The fourth-order valence-electron chi connectivity index (χ4n) is 1.97. The lowest BCUT2D eigenvalue weighted by molar-refractivity contribution is -0.149. The zero-order valence-electron chi connectivity index (χ0n) is 10.4. The molecule has 0 amide bonds. The number of hydrogen-bond acceptors (Lipinski definition) is 4. The molecule has 0 spiro atoms. The average Bonchev–Trinajstić information content (AvgIpc) is 2.39. The van der Waals surface area contributed by atoms with Crippen LogP contribution in [0, 0.1) is 0 Å². The van der Waals surface area contributed by atoms with Crippen molar-refractivity contribution in [3.05, 3.63) is 29.3 Å². The molecule has 6 heteroatoms. The molecule has 1 atom stereocenters. The monoisotopic (exact) mass is 285 g/mol. The molecule has 1 heterocycles. The van der Waals surface area contributed by atoms with Gasteiger partial charge in [-0.1, -0.05) is 17.7 Å². The Hall–Kier alpha value is -1.30. The summed E-state index contributed by atoms with van der Waals surface area (Å²) in [6.45, 7) is 2.36. The highest BCUT2D eigenvalue weighted by Crippen LogP contribution is 2.17. The van der Waals surface area contributed by atoms with Gasteiger partial charge in [0.25, 0.3) is 0 Å². The SMILES string of the molecule is O=C(O)C1COCCN1CCOc1cccc(Cl)c1. The largest absolute Gasteiger partial charge is 0.492 e. The molecule has 0 aromatic heterocycles. The number of aliphatic carboxylic acids is 1.